The molecule has 116 valence electrons. The van der Waals surface area contributed by atoms with Crippen LogP contribution in [0.3, 0.4) is 0 Å². The van der Waals surface area contributed by atoms with E-state index in [1.165, 1.54) is 17.0 Å². The van der Waals surface area contributed by atoms with Gasteiger partial charge in [0.05, 0.1) is 6.20 Å². The van der Waals surface area contributed by atoms with Crippen molar-refractivity contribution < 1.29 is 4.79 Å². The summed E-state index contributed by atoms with van der Waals surface area (Å²) in [6.45, 7) is 5.30. The van der Waals surface area contributed by atoms with Crippen molar-refractivity contribution in [2.75, 3.05) is 36.8 Å². The fourth-order valence-electron chi connectivity index (χ4n) is 2.72. The Hall–Kier alpha value is -2.15. The van der Waals surface area contributed by atoms with E-state index in [1.807, 2.05) is 23.4 Å². The lowest BCUT2D eigenvalue weighted by atomic mass is 10.2. The lowest BCUT2D eigenvalue weighted by Gasteiger charge is -2.24. The summed E-state index contributed by atoms with van der Waals surface area (Å²) in [5.74, 6) is 0.0301. The Balaban J connectivity index is 1.70. The maximum absolute atomic E-state index is 12.5. The highest BCUT2D eigenvalue weighted by atomic mass is 32.1. The standard InChI is InChI=1S/C15H19N5OS/c1-11-9-17-4-3-12(11)19-5-2-6-20(8-7-19)14(21)13-10-18-15(16)22-13/h3-4,9-10H,2,5-8H2,1H3,(H2,16,18). The van der Waals surface area contributed by atoms with Gasteiger partial charge in [-0.2, -0.15) is 0 Å². The van der Waals surface area contributed by atoms with Crippen LogP contribution >= 0.6 is 11.3 Å². The molecule has 2 aromatic rings. The predicted molar refractivity (Wildman–Crippen MR) is 88.2 cm³/mol. The normalized spacial score (nSPS) is 15.7. The second-order valence-corrected chi connectivity index (χ2v) is 6.42. The van der Waals surface area contributed by atoms with Crippen molar-refractivity contribution in [2.45, 2.75) is 13.3 Å². The molecule has 0 aromatic carbocycles. The smallest absolute Gasteiger partial charge is 0.265 e. The fraction of sp³-hybridized carbons (Fsp3) is 0.400. The fourth-order valence-corrected chi connectivity index (χ4v) is 3.38. The number of hydrogen-bond donors (Lipinski definition) is 1. The third kappa shape index (κ3) is 3.04. The van der Waals surface area contributed by atoms with Crippen LogP contribution in [0.5, 0.6) is 0 Å². The van der Waals surface area contributed by atoms with Crippen LogP contribution in [0.1, 0.15) is 21.7 Å². The van der Waals surface area contributed by atoms with Crippen LogP contribution in [-0.4, -0.2) is 47.0 Å². The molecule has 2 N–H and O–H groups in total. The molecule has 1 aliphatic rings. The van der Waals surface area contributed by atoms with E-state index in [9.17, 15) is 4.79 Å². The first-order valence-electron chi connectivity index (χ1n) is 7.31. The predicted octanol–water partition coefficient (Wildman–Crippen LogP) is 1.78. The average Bonchev–Trinajstić information content (AvgIpc) is 2.81. The van der Waals surface area contributed by atoms with Crippen molar-refractivity contribution in [3.63, 3.8) is 0 Å². The van der Waals surface area contributed by atoms with Gasteiger partial charge in [0.25, 0.3) is 5.91 Å². The zero-order valence-electron chi connectivity index (χ0n) is 12.5. The lowest BCUT2D eigenvalue weighted by molar-refractivity contribution is 0.0771. The summed E-state index contributed by atoms with van der Waals surface area (Å²) >= 11 is 1.25. The number of anilines is 2. The molecule has 1 aliphatic heterocycles. The second kappa shape index (κ2) is 6.31. The Kier molecular flexibility index (Phi) is 4.24. The number of nitrogens with two attached hydrogens (primary N) is 1. The van der Waals surface area contributed by atoms with Gasteiger partial charge < -0.3 is 15.5 Å². The maximum Gasteiger partial charge on any atom is 0.265 e. The molecule has 1 saturated heterocycles. The number of nitrogen functional groups attached to an aromatic ring is 1. The molecule has 0 spiro atoms. The molecule has 3 rings (SSSR count). The SMILES string of the molecule is Cc1cnccc1N1CCCN(C(=O)c2cnc(N)s2)CC1. The third-order valence-corrected chi connectivity index (χ3v) is 4.66. The van der Waals surface area contributed by atoms with E-state index < -0.39 is 0 Å². The Morgan fingerprint density at radius 3 is 2.86 bits per heavy atom. The van der Waals surface area contributed by atoms with E-state index in [0.29, 0.717) is 16.6 Å². The van der Waals surface area contributed by atoms with Crippen LogP contribution in [0, 0.1) is 6.92 Å². The van der Waals surface area contributed by atoms with E-state index in [0.717, 1.165) is 31.6 Å². The zero-order valence-corrected chi connectivity index (χ0v) is 13.3. The third-order valence-electron chi connectivity index (χ3n) is 3.85. The number of hydrogen-bond acceptors (Lipinski definition) is 6. The van der Waals surface area contributed by atoms with Crippen LogP contribution in [0.2, 0.25) is 0 Å². The van der Waals surface area contributed by atoms with Gasteiger partial charge >= 0.3 is 0 Å². The number of amides is 1. The van der Waals surface area contributed by atoms with E-state index in [-0.39, 0.29) is 5.91 Å². The molecule has 6 nitrogen and oxygen atoms in total. The molecule has 0 bridgehead atoms. The van der Waals surface area contributed by atoms with Crippen molar-refractivity contribution in [3.8, 4) is 0 Å². The summed E-state index contributed by atoms with van der Waals surface area (Å²) < 4.78 is 0. The highest BCUT2D eigenvalue weighted by molar-refractivity contribution is 7.17. The molecule has 0 saturated carbocycles. The van der Waals surface area contributed by atoms with Crippen molar-refractivity contribution in [1.82, 2.24) is 14.9 Å². The monoisotopic (exact) mass is 317 g/mol. The molecular weight excluding hydrogens is 298 g/mol. The number of carbonyl (C=O) groups is 1. The maximum atomic E-state index is 12.5. The molecule has 0 atom stereocenters. The number of thiazole rings is 1. The number of pyridine rings is 1. The Bertz CT molecular complexity index is 671. The topological polar surface area (TPSA) is 75.4 Å². The minimum absolute atomic E-state index is 0.0301. The van der Waals surface area contributed by atoms with E-state index in [1.54, 1.807) is 6.20 Å². The van der Waals surface area contributed by atoms with Crippen LogP contribution < -0.4 is 10.6 Å². The van der Waals surface area contributed by atoms with Crippen molar-refractivity contribution in [3.05, 3.63) is 35.1 Å². The van der Waals surface area contributed by atoms with Gasteiger partial charge in [-0.1, -0.05) is 11.3 Å². The molecule has 0 aliphatic carbocycles. The van der Waals surface area contributed by atoms with Crippen molar-refractivity contribution >= 4 is 28.1 Å². The van der Waals surface area contributed by atoms with E-state index in [2.05, 4.69) is 21.8 Å². The Labute approximate surface area is 133 Å². The molecule has 22 heavy (non-hydrogen) atoms. The summed E-state index contributed by atoms with van der Waals surface area (Å²) in [5.41, 5.74) is 7.98. The van der Waals surface area contributed by atoms with Crippen LogP contribution in [0.15, 0.2) is 24.7 Å². The summed E-state index contributed by atoms with van der Waals surface area (Å²) in [4.78, 5) is 25.4. The first-order valence-corrected chi connectivity index (χ1v) is 8.13. The first-order chi connectivity index (χ1) is 10.6. The molecule has 1 amide bonds. The van der Waals surface area contributed by atoms with Gasteiger partial charge in [-0.25, -0.2) is 4.98 Å². The van der Waals surface area contributed by atoms with Crippen LogP contribution in [-0.2, 0) is 0 Å². The summed E-state index contributed by atoms with van der Waals surface area (Å²) in [5, 5.41) is 0.437. The minimum Gasteiger partial charge on any atom is -0.375 e. The minimum atomic E-state index is 0.0301. The number of aryl methyl sites for hydroxylation is 1. The number of rotatable bonds is 2. The van der Waals surface area contributed by atoms with Crippen LogP contribution in [0.25, 0.3) is 0 Å². The van der Waals surface area contributed by atoms with Crippen molar-refractivity contribution in [1.29, 1.82) is 0 Å². The first kappa shape index (κ1) is 14.8. The van der Waals surface area contributed by atoms with Gasteiger partial charge in [-0.05, 0) is 25.0 Å². The Morgan fingerprint density at radius 2 is 2.14 bits per heavy atom. The molecule has 7 heteroatoms. The Morgan fingerprint density at radius 1 is 1.27 bits per heavy atom. The van der Waals surface area contributed by atoms with Gasteiger partial charge in [0.15, 0.2) is 5.13 Å². The molecule has 1 fully saturated rings. The zero-order chi connectivity index (χ0) is 15.5. The highest BCUT2D eigenvalue weighted by Crippen LogP contribution is 2.22. The number of carbonyl (C=O) groups excluding carboxylic acids is 1. The number of aromatic nitrogens is 2. The highest BCUT2D eigenvalue weighted by Gasteiger charge is 2.22. The van der Waals surface area contributed by atoms with E-state index in [4.69, 9.17) is 5.73 Å². The molecule has 2 aromatic heterocycles. The molecule has 0 unspecified atom stereocenters. The van der Waals surface area contributed by atoms with Crippen LogP contribution in [0.4, 0.5) is 10.8 Å². The summed E-state index contributed by atoms with van der Waals surface area (Å²) in [6.07, 6.45) is 6.21. The van der Waals surface area contributed by atoms with Crippen molar-refractivity contribution in [2.24, 2.45) is 0 Å². The van der Waals surface area contributed by atoms with Gasteiger partial charge in [-0.3, -0.25) is 9.78 Å². The van der Waals surface area contributed by atoms with Gasteiger partial charge in [-0.15, -0.1) is 0 Å². The molecule has 3 heterocycles. The number of nitrogens with zero attached hydrogens (tertiary/aromatic N) is 4. The second-order valence-electron chi connectivity index (χ2n) is 5.36. The summed E-state index contributed by atoms with van der Waals surface area (Å²) in [6, 6.07) is 2.04. The molecular formula is C15H19N5OS. The summed E-state index contributed by atoms with van der Waals surface area (Å²) in [7, 11) is 0. The lowest BCUT2D eigenvalue weighted by Crippen LogP contribution is -2.35. The van der Waals surface area contributed by atoms with Gasteiger partial charge in [0, 0.05) is 44.3 Å². The van der Waals surface area contributed by atoms with Gasteiger partial charge in [0.2, 0.25) is 0 Å². The largest absolute Gasteiger partial charge is 0.375 e. The average molecular weight is 317 g/mol. The molecule has 0 radical (unpaired) electrons. The van der Waals surface area contributed by atoms with E-state index >= 15 is 0 Å². The van der Waals surface area contributed by atoms with Gasteiger partial charge in [0.1, 0.15) is 4.88 Å². The quantitative estimate of drug-likeness (QED) is 0.914.